The first-order valence-corrected chi connectivity index (χ1v) is 11.4. The molecule has 0 aliphatic heterocycles. The molecule has 2 nitrogen and oxygen atoms in total. The van der Waals surface area contributed by atoms with Crippen molar-refractivity contribution in [2.45, 2.75) is 26.3 Å². The monoisotopic (exact) mass is 406 g/mol. The molecule has 0 fully saturated rings. The molecule has 6 rings (SSSR count). The fraction of sp³-hybridized carbons (Fsp3) is 0.148. The van der Waals surface area contributed by atoms with Gasteiger partial charge in [-0.3, -0.25) is 0 Å². The van der Waals surface area contributed by atoms with Crippen molar-refractivity contribution in [2.24, 2.45) is 0 Å². The highest BCUT2D eigenvalue weighted by Crippen LogP contribution is 2.41. The Hall–Kier alpha value is -3.17. The maximum atomic E-state index is 4.91. The quantitative estimate of drug-likeness (QED) is 0.302. The van der Waals surface area contributed by atoms with Gasteiger partial charge in [-0.05, 0) is 60.1 Å². The summed E-state index contributed by atoms with van der Waals surface area (Å²) in [6.07, 6.45) is 6.90. The van der Waals surface area contributed by atoms with E-state index in [9.17, 15) is 0 Å². The van der Waals surface area contributed by atoms with Crippen LogP contribution >= 0.6 is 11.3 Å². The van der Waals surface area contributed by atoms with Gasteiger partial charge in [0.2, 0.25) is 0 Å². The molecule has 0 saturated carbocycles. The molecule has 0 radical (unpaired) electrons. The van der Waals surface area contributed by atoms with Gasteiger partial charge in [-0.2, -0.15) is 0 Å². The van der Waals surface area contributed by atoms with Crippen LogP contribution in [0.2, 0.25) is 0 Å². The van der Waals surface area contributed by atoms with Crippen molar-refractivity contribution in [2.75, 3.05) is 0 Å². The molecule has 5 aromatic rings. The predicted molar refractivity (Wildman–Crippen MR) is 129 cm³/mol. The van der Waals surface area contributed by atoms with E-state index in [1.807, 2.05) is 11.3 Å². The molecule has 0 amide bonds. The van der Waals surface area contributed by atoms with Gasteiger partial charge in [0.15, 0.2) is 0 Å². The van der Waals surface area contributed by atoms with Crippen LogP contribution in [0, 0.1) is 0 Å². The van der Waals surface area contributed by atoms with Gasteiger partial charge >= 0.3 is 0 Å². The summed E-state index contributed by atoms with van der Waals surface area (Å²) in [5.74, 6) is 1.04. The van der Waals surface area contributed by atoms with Gasteiger partial charge < -0.3 is 4.57 Å². The van der Waals surface area contributed by atoms with Gasteiger partial charge in [0, 0.05) is 21.7 Å². The first kappa shape index (κ1) is 17.7. The maximum absolute atomic E-state index is 4.91. The number of thiophene rings is 1. The lowest BCUT2D eigenvalue weighted by molar-refractivity contribution is 0.796. The summed E-state index contributed by atoms with van der Waals surface area (Å²) in [6.45, 7) is 3.09. The van der Waals surface area contributed by atoms with E-state index in [0.717, 1.165) is 36.3 Å². The standard InChI is InChI=1S/C27H22N2S/c1-2-29-24-12-5-4-11-23(24)28-27(29)19-16-14-18(15-17-19)20-9-7-10-22-21-8-3-6-13-25(21)30-26(20)22/h4-7,9-17H,2-3,8H2,1H3. The summed E-state index contributed by atoms with van der Waals surface area (Å²) in [4.78, 5) is 6.34. The normalized spacial score (nSPS) is 13.2. The van der Waals surface area contributed by atoms with Gasteiger partial charge in [-0.1, -0.05) is 60.7 Å². The summed E-state index contributed by atoms with van der Waals surface area (Å²) in [7, 11) is 0. The molecule has 0 spiro atoms. The molecule has 2 heterocycles. The number of aromatic nitrogens is 2. The van der Waals surface area contributed by atoms with E-state index in [1.54, 1.807) is 0 Å². The minimum absolute atomic E-state index is 0.908. The highest BCUT2D eigenvalue weighted by atomic mass is 32.1. The van der Waals surface area contributed by atoms with Crippen molar-refractivity contribution in [3.05, 3.63) is 83.2 Å². The number of hydrogen-bond acceptors (Lipinski definition) is 2. The molecular formula is C27H22N2S. The summed E-state index contributed by atoms with van der Waals surface area (Å²) >= 11 is 1.93. The number of allylic oxidation sites excluding steroid dienone is 1. The van der Waals surface area contributed by atoms with Crippen molar-refractivity contribution >= 4 is 38.5 Å². The van der Waals surface area contributed by atoms with E-state index in [-0.39, 0.29) is 0 Å². The van der Waals surface area contributed by atoms with Crippen molar-refractivity contribution < 1.29 is 0 Å². The molecule has 30 heavy (non-hydrogen) atoms. The van der Waals surface area contributed by atoms with Gasteiger partial charge in [0.25, 0.3) is 0 Å². The molecule has 0 N–H and O–H groups in total. The fourth-order valence-corrected chi connectivity index (χ4v) is 5.96. The number of aryl methyl sites for hydroxylation is 2. The van der Waals surface area contributed by atoms with E-state index < -0.39 is 0 Å². The molecule has 146 valence electrons. The van der Waals surface area contributed by atoms with E-state index in [0.29, 0.717) is 0 Å². The molecule has 3 aromatic carbocycles. The van der Waals surface area contributed by atoms with Gasteiger partial charge in [-0.25, -0.2) is 4.98 Å². The van der Waals surface area contributed by atoms with Crippen molar-refractivity contribution in [3.63, 3.8) is 0 Å². The molecule has 0 saturated heterocycles. The summed E-state index contributed by atoms with van der Waals surface area (Å²) < 4.78 is 3.70. The molecule has 0 unspecified atom stereocenters. The Morgan fingerprint density at radius 1 is 0.933 bits per heavy atom. The van der Waals surface area contributed by atoms with Crippen LogP contribution in [0.5, 0.6) is 0 Å². The lowest BCUT2D eigenvalue weighted by Gasteiger charge is -2.08. The zero-order chi connectivity index (χ0) is 20.1. The van der Waals surface area contributed by atoms with Gasteiger partial charge in [0.05, 0.1) is 11.0 Å². The number of imidazole rings is 1. The average molecular weight is 407 g/mol. The van der Waals surface area contributed by atoms with Gasteiger partial charge in [0.1, 0.15) is 5.82 Å². The van der Waals surface area contributed by atoms with Crippen molar-refractivity contribution in [3.8, 4) is 22.5 Å². The topological polar surface area (TPSA) is 17.8 Å². The second-order valence-electron chi connectivity index (χ2n) is 7.81. The molecule has 1 aliphatic rings. The average Bonchev–Trinajstić information content (AvgIpc) is 3.37. The third-order valence-corrected chi connectivity index (χ3v) is 7.35. The van der Waals surface area contributed by atoms with Crippen molar-refractivity contribution in [1.29, 1.82) is 0 Å². The van der Waals surface area contributed by atoms with Crippen LogP contribution in [0.1, 0.15) is 23.8 Å². The van der Waals surface area contributed by atoms with E-state index in [4.69, 9.17) is 4.98 Å². The number of benzene rings is 3. The Kier molecular flexibility index (Phi) is 4.10. The fourth-order valence-electron chi connectivity index (χ4n) is 4.64. The second kappa shape index (κ2) is 6.96. The second-order valence-corrected chi connectivity index (χ2v) is 8.87. The summed E-state index contributed by atoms with van der Waals surface area (Å²) in [5, 5.41) is 1.42. The van der Waals surface area contributed by atoms with E-state index in [2.05, 4.69) is 90.4 Å². The molecule has 1 aliphatic carbocycles. The first-order chi connectivity index (χ1) is 14.8. The summed E-state index contributed by atoms with van der Waals surface area (Å²) in [6, 6.07) is 24.0. The number of nitrogens with zero attached hydrogens (tertiary/aromatic N) is 2. The lowest BCUT2D eigenvalue weighted by Crippen LogP contribution is -1.97. The lowest BCUT2D eigenvalue weighted by atomic mass is 9.97. The molecule has 2 aromatic heterocycles. The van der Waals surface area contributed by atoms with Crippen LogP contribution in [0.25, 0.3) is 49.7 Å². The number of fused-ring (bicyclic) bond motifs is 4. The Balaban J connectivity index is 1.46. The minimum atomic E-state index is 0.908. The van der Waals surface area contributed by atoms with Crippen LogP contribution in [0.3, 0.4) is 0 Å². The molecule has 0 atom stereocenters. The molecule has 0 bridgehead atoms. The van der Waals surface area contributed by atoms with Crippen LogP contribution in [-0.4, -0.2) is 9.55 Å². The van der Waals surface area contributed by atoms with Crippen molar-refractivity contribution in [1.82, 2.24) is 9.55 Å². The Morgan fingerprint density at radius 3 is 2.63 bits per heavy atom. The van der Waals surface area contributed by atoms with Gasteiger partial charge in [-0.15, -0.1) is 11.3 Å². The van der Waals surface area contributed by atoms with Crippen LogP contribution < -0.4 is 0 Å². The number of rotatable bonds is 3. The zero-order valence-electron chi connectivity index (χ0n) is 16.9. The Labute approximate surface area is 180 Å². The predicted octanol–water partition coefficient (Wildman–Crippen LogP) is 7.56. The minimum Gasteiger partial charge on any atom is -0.324 e. The highest BCUT2D eigenvalue weighted by Gasteiger charge is 2.16. The third kappa shape index (κ3) is 2.66. The zero-order valence-corrected chi connectivity index (χ0v) is 17.7. The van der Waals surface area contributed by atoms with E-state index >= 15 is 0 Å². The first-order valence-electron chi connectivity index (χ1n) is 10.6. The highest BCUT2D eigenvalue weighted by molar-refractivity contribution is 7.20. The third-order valence-electron chi connectivity index (χ3n) is 6.10. The summed E-state index contributed by atoms with van der Waals surface area (Å²) in [5.41, 5.74) is 7.54. The Bertz CT molecular complexity index is 1420. The molecule has 3 heteroatoms. The van der Waals surface area contributed by atoms with Crippen LogP contribution in [0.15, 0.2) is 72.8 Å². The smallest absolute Gasteiger partial charge is 0.141 e. The number of hydrogen-bond donors (Lipinski definition) is 0. The maximum Gasteiger partial charge on any atom is 0.141 e. The van der Waals surface area contributed by atoms with E-state index in [1.165, 1.54) is 37.2 Å². The SMILES string of the molecule is CCn1c(-c2ccc(-c3cccc4c5c(sc34)C=CCC5)cc2)nc2ccccc21. The largest absolute Gasteiger partial charge is 0.324 e. The van der Waals surface area contributed by atoms with Crippen LogP contribution in [-0.2, 0) is 13.0 Å². The van der Waals surface area contributed by atoms with Crippen LogP contribution in [0.4, 0.5) is 0 Å². The Morgan fingerprint density at radius 2 is 1.77 bits per heavy atom. The molecular weight excluding hydrogens is 384 g/mol. The number of para-hydroxylation sites is 2.